The minimum atomic E-state index is 0.454. The molecule has 1 aromatic heterocycles. The molecule has 6 heteroatoms. The molecule has 0 saturated heterocycles. The van der Waals surface area contributed by atoms with E-state index in [9.17, 15) is 0 Å². The van der Waals surface area contributed by atoms with Crippen molar-refractivity contribution in [2.75, 3.05) is 7.11 Å². The number of methoxy groups -OCH3 is 1. The summed E-state index contributed by atoms with van der Waals surface area (Å²) in [5, 5.41) is 0. The number of rotatable bonds is 4. The lowest BCUT2D eigenvalue weighted by atomic mass is 10.3. The van der Waals surface area contributed by atoms with Gasteiger partial charge in [0.25, 0.3) is 0 Å². The van der Waals surface area contributed by atoms with Gasteiger partial charge in [0.15, 0.2) is 4.47 Å². The van der Waals surface area contributed by atoms with E-state index in [4.69, 9.17) is 21.1 Å². The number of ether oxygens (including phenoxy) is 2. The third kappa shape index (κ3) is 3.34. The van der Waals surface area contributed by atoms with Crippen molar-refractivity contribution in [1.82, 2.24) is 4.98 Å². The van der Waals surface area contributed by atoms with Crippen LogP contribution in [0.2, 0.25) is 4.47 Å². The molecule has 0 saturated carbocycles. The number of thiazole rings is 1. The fraction of sp³-hybridized carbons (Fsp3) is 0.182. The summed E-state index contributed by atoms with van der Waals surface area (Å²) in [6.07, 6.45) is 1.71. The Kier molecular flexibility index (Phi) is 4.25. The van der Waals surface area contributed by atoms with Gasteiger partial charge < -0.3 is 9.47 Å². The summed E-state index contributed by atoms with van der Waals surface area (Å²) in [6.45, 7) is 0.454. The van der Waals surface area contributed by atoms with Crippen LogP contribution in [0.4, 0.5) is 0 Å². The normalized spacial score (nSPS) is 10.3. The van der Waals surface area contributed by atoms with Gasteiger partial charge in [-0.1, -0.05) is 11.6 Å². The largest absolute Gasteiger partial charge is 0.497 e. The van der Waals surface area contributed by atoms with Gasteiger partial charge in [-0.05, 0) is 34.1 Å². The van der Waals surface area contributed by atoms with Crippen molar-refractivity contribution in [2.45, 2.75) is 6.61 Å². The van der Waals surface area contributed by atoms with Crippen LogP contribution in [0.25, 0.3) is 0 Å². The van der Waals surface area contributed by atoms with Crippen LogP contribution in [0.1, 0.15) is 4.88 Å². The van der Waals surface area contributed by atoms with Crippen molar-refractivity contribution in [2.24, 2.45) is 0 Å². The van der Waals surface area contributed by atoms with Gasteiger partial charge in [0.2, 0.25) is 0 Å². The highest BCUT2D eigenvalue weighted by Crippen LogP contribution is 2.30. The van der Waals surface area contributed by atoms with Gasteiger partial charge in [-0.25, -0.2) is 4.98 Å². The highest BCUT2D eigenvalue weighted by Gasteiger charge is 2.05. The van der Waals surface area contributed by atoms with E-state index < -0.39 is 0 Å². The van der Waals surface area contributed by atoms with Gasteiger partial charge in [-0.3, -0.25) is 0 Å². The lowest BCUT2D eigenvalue weighted by Crippen LogP contribution is -1.94. The molecule has 0 aliphatic carbocycles. The Morgan fingerprint density at radius 3 is 2.88 bits per heavy atom. The summed E-state index contributed by atoms with van der Waals surface area (Å²) in [4.78, 5) is 4.93. The first kappa shape index (κ1) is 12.7. The van der Waals surface area contributed by atoms with Crippen LogP contribution >= 0.6 is 38.9 Å². The first-order valence-corrected chi connectivity index (χ1v) is 6.74. The zero-order chi connectivity index (χ0) is 12.3. The summed E-state index contributed by atoms with van der Waals surface area (Å²) >= 11 is 10.6. The second kappa shape index (κ2) is 5.71. The maximum atomic E-state index is 5.74. The number of halogens is 2. The molecule has 1 aromatic carbocycles. The van der Waals surface area contributed by atoms with Gasteiger partial charge in [0.05, 0.1) is 16.5 Å². The Balaban J connectivity index is 2.04. The second-order valence-corrected chi connectivity index (χ2v) is 5.72. The van der Waals surface area contributed by atoms with E-state index in [0.717, 1.165) is 20.8 Å². The molecule has 0 unspecified atom stereocenters. The molecule has 0 aliphatic heterocycles. The first-order chi connectivity index (χ1) is 8.19. The van der Waals surface area contributed by atoms with Crippen LogP contribution in [-0.4, -0.2) is 12.1 Å². The van der Waals surface area contributed by atoms with E-state index in [2.05, 4.69) is 20.9 Å². The number of hydrogen-bond acceptors (Lipinski definition) is 4. The second-order valence-electron chi connectivity index (χ2n) is 3.16. The summed E-state index contributed by atoms with van der Waals surface area (Å²) in [7, 11) is 1.63. The van der Waals surface area contributed by atoms with E-state index in [1.54, 1.807) is 13.3 Å². The number of benzene rings is 1. The predicted octanol–water partition coefficient (Wildman–Crippen LogP) is 4.15. The molecule has 2 aromatic rings. The molecule has 0 bridgehead atoms. The van der Waals surface area contributed by atoms with Crippen molar-refractivity contribution < 1.29 is 9.47 Å². The quantitative estimate of drug-likeness (QED) is 0.842. The Morgan fingerprint density at radius 2 is 2.29 bits per heavy atom. The third-order valence-electron chi connectivity index (χ3n) is 2.03. The van der Waals surface area contributed by atoms with Crippen LogP contribution in [0.15, 0.2) is 28.9 Å². The van der Waals surface area contributed by atoms with Gasteiger partial charge >= 0.3 is 0 Å². The molecule has 1 heterocycles. The van der Waals surface area contributed by atoms with E-state index in [-0.39, 0.29) is 0 Å². The van der Waals surface area contributed by atoms with Gasteiger partial charge in [-0.2, -0.15) is 0 Å². The molecule has 0 radical (unpaired) electrons. The van der Waals surface area contributed by atoms with Crippen molar-refractivity contribution >= 4 is 38.9 Å². The molecule has 0 atom stereocenters. The van der Waals surface area contributed by atoms with Crippen molar-refractivity contribution in [3.8, 4) is 11.5 Å². The molecule has 0 amide bonds. The predicted molar refractivity (Wildman–Crippen MR) is 72.2 cm³/mol. The summed E-state index contributed by atoms with van der Waals surface area (Å²) in [6, 6.07) is 5.56. The minimum absolute atomic E-state index is 0.454. The zero-order valence-electron chi connectivity index (χ0n) is 8.94. The van der Waals surface area contributed by atoms with Crippen molar-refractivity contribution in [3.63, 3.8) is 0 Å². The zero-order valence-corrected chi connectivity index (χ0v) is 12.1. The summed E-state index contributed by atoms with van der Waals surface area (Å²) in [5.74, 6) is 1.54. The Morgan fingerprint density at radius 1 is 1.47 bits per heavy atom. The van der Waals surface area contributed by atoms with E-state index in [1.807, 2.05) is 18.2 Å². The SMILES string of the molecule is COc1ccc(OCc2cnc(Cl)s2)c(Br)c1. The first-order valence-electron chi connectivity index (χ1n) is 4.75. The summed E-state index contributed by atoms with van der Waals surface area (Å²) in [5.41, 5.74) is 0. The highest BCUT2D eigenvalue weighted by atomic mass is 79.9. The lowest BCUT2D eigenvalue weighted by Gasteiger charge is -2.08. The van der Waals surface area contributed by atoms with E-state index in [0.29, 0.717) is 11.1 Å². The molecular formula is C11H9BrClNO2S. The van der Waals surface area contributed by atoms with Crippen molar-refractivity contribution in [1.29, 1.82) is 0 Å². The summed E-state index contributed by atoms with van der Waals surface area (Å²) < 4.78 is 12.1. The van der Waals surface area contributed by atoms with E-state index >= 15 is 0 Å². The van der Waals surface area contributed by atoms with Crippen LogP contribution in [0, 0.1) is 0 Å². The van der Waals surface area contributed by atoms with Gasteiger partial charge in [0.1, 0.15) is 18.1 Å². The average Bonchev–Trinajstić information content (AvgIpc) is 2.73. The highest BCUT2D eigenvalue weighted by molar-refractivity contribution is 9.10. The molecule has 0 fully saturated rings. The topological polar surface area (TPSA) is 31.4 Å². The number of hydrogen-bond donors (Lipinski definition) is 0. The molecular weight excluding hydrogens is 326 g/mol. The molecule has 3 nitrogen and oxygen atoms in total. The van der Waals surface area contributed by atoms with Crippen molar-refractivity contribution in [3.05, 3.63) is 38.2 Å². The van der Waals surface area contributed by atoms with E-state index in [1.165, 1.54) is 11.3 Å². The molecule has 90 valence electrons. The van der Waals surface area contributed by atoms with Gasteiger partial charge in [0, 0.05) is 6.20 Å². The van der Waals surface area contributed by atoms with Crippen LogP contribution in [-0.2, 0) is 6.61 Å². The molecule has 0 aliphatic rings. The standard InChI is InChI=1S/C11H9BrClNO2S/c1-15-7-2-3-10(9(12)4-7)16-6-8-5-14-11(13)17-8/h2-5H,6H2,1H3. The Labute approximate surface area is 116 Å². The minimum Gasteiger partial charge on any atom is -0.497 e. The molecule has 0 N–H and O–H groups in total. The molecule has 0 spiro atoms. The fourth-order valence-electron chi connectivity index (χ4n) is 1.22. The maximum absolute atomic E-state index is 5.74. The average molecular weight is 335 g/mol. The fourth-order valence-corrected chi connectivity index (χ4v) is 2.59. The maximum Gasteiger partial charge on any atom is 0.183 e. The van der Waals surface area contributed by atoms with Gasteiger partial charge in [-0.15, -0.1) is 11.3 Å². The smallest absolute Gasteiger partial charge is 0.183 e. The third-order valence-corrected chi connectivity index (χ3v) is 3.74. The monoisotopic (exact) mass is 333 g/mol. The number of aromatic nitrogens is 1. The number of nitrogens with zero attached hydrogens (tertiary/aromatic N) is 1. The molecule has 17 heavy (non-hydrogen) atoms. The van der Waals surface area contributed by atoms with Crippen LogP contribution in [0.5, 0.6) is 11.5 Å². The molecule has 2 rings (SSSR count). The Bertz CT molecular complexity index is 518. The van der Waals surface area contributed by atoms with Crippen LogP contribution in [0.3, 0.4) is 0 Å². The lowest BCUT2D eigenvalue weighted by molar-refractivity contribution is 0.306. The Hall–Kier alpha value is -0.780. The van der Waals surface area contributed by atoms with Crippen LogP contribution < -0.4 is 9.47 Å².